The van der Waals surface area contributed by atoms with E-state index in [-0.39, 0.29) is 4.75 Å². The van der Waals surface area contributed by atoms with E-state index in [9.17, 15) is 4.79 Å². The summed E-state index contributed by atoms with van der Waals surface area (Å²) in [5, 5.41) is 3.25. The van der Waals surface area contributed by atoms with E-state index in [0.717, 1.165) is 11.4 Å². The summed E-state index contributed by atoms with van der Waals surface area (Å²) in [6.07, 6.45) is 0. The smallest absolute Gasteiger partial charge is 0.293 e. The average Bonchev–Trinajstić information content (AvgIpc) is 2.42. The Balaban J connectivity index is 2.43. The molecular weight excluding hydrogens is 294 g/mol. The minimum atomic E-state index is -0.136. The minimum Gasteiger partial charge on any atom is -0.466 e. The zero-order chi connectivity index (χ0) is 15.0. The number of nitrogens with two attached hydrogens (primary N) is 1. The number of aliphatic imine (C=N–C) groups is 1. The van der Waals surface area contributed by atoms with E-state index in [1.165, 1.54) is 0 Å². The first-order chi connectivity index (χ1) is 9.48. The van der Waals surface area contributed by atoms with Gasteiger partial charge in [-0.3, -0.25) is 9.79 Å². The van der Waals surface area contributed by atoms with E-state index in [4.69, 9.17) is 10.5 Å². The van der Waals surface area contributed by atoms with Crippen molar-refractivity contribution in [1.29, 1.82) is 0 Å². The van der Waals surface area contributed by atoms with E-state index in [1.54, 1.807) is 27.7 Å². The molecule has 0 bridgehead atoms. The van der Waals surface area contributed by atoms with Gasteiger partial charge in [-0.1, -0.05) is 21.6 Å². The molecule has 0 aliphatic rings. The standard InChI is InChI=1S/C13H19N3O2S2/c1-13(2,7-18-9-17)20-19-8-16-12-6-10(14)4-5-11(12)15-3/h4-6,9,16H,3,7-8,14H2,1-2H3. The maximum atomic E-state index is 10.2. The quantitative estimate of drug-likeness (QED) is 0.182. The SMILES string of the molecule is C=Nc1ccc(N)cc1NCSSC(C)(C)COC=O. The number of hydrogen-bond donors (Lipinski definition) is 2. The molecule has 0 spiro atoms. The average molecular weight is 313 g/mol. The molecule has 0 aromatic heterocycles. The van der Waals surface area contributed by atoms with Crippen LogP contribution in [0.5, 0.6) is 0 Å². The fourth-order valence-electron chi connectivity index (χ4n) is 1.39. The molecule has 7 heteroatoms. The first-order valence-electron chi connectivity index (χ1n) is 5.94. The van der Waals surface area contributed by atoms with Crippen molar-refractivity contribution in [3.63, 3.8) is 0 Å². The molecule has 0 amide bonds. The third-order valence-corrected chi connectivity index (χ3v) is 5.31. The Hall–Kier alpha value is -1.34. The largest absolute Gasteiger partial charge is 0.466 e. The van der Waals surface area contributed by atoms with Crippen molar-refractivity contribution < 1.29 is 9.53 Å². The van der Waals surface area contributed by atoms with Gasteiger partial charge in [-0.05, 0) is 38.8 Å². The summed E-state index contributed by atoms with van der Waals surface area (Å²) in [5.74, 6) is 0.682. The van der Waals surface area contributed by atoms with Crippen molar-refractivity contribution in [2.75, 3.05) is 23.5 Å². The zero-order valence-electron chi connectivity index (χ0n) is 11.6. The van der Waals surface area contributed by atoms with Crippen molar-refractivity contribution >= 4 is 51.8 Å². The van der Waals surface area contributed by atoms with Gasteiger partial charge >= 0.3 is 0 Å². The fraction of sp³-hybridized carbons (Fsp3) is 0.385. The molecule has 0 radical (unpaired) electrons. The van der Waals surface area contributed by atoms with Crippen molar-refractivity contribution in [2.45, 2.75) is 18.6 Å². The van der Waals surface area contributed by atoms with Gasteiger partial charge in [-0.2, -0.15) is 0 Å². The normalized spacial score (nSPS) is 10.9. The highest BCUT2D eigenvalue weighted by Crippen LogP contribution is 2.36. The number of nitrogens with zero attached hydrogens (tertiary/aromatic N) is 1. The van der Waals surface area contributed by atoms with Crippen molar-refractivity contribution in [3.05, 3.63) is 18.2 Å². The van der Waals surface area contributed by atoms with Crippen molar-refractivity contribution in [1.82, 2.24) is 0 Å². The molecule has 110 valence electrons. The molecule has 20 heavy (non-hydrogen) atoms. The third kappa shape index (κ3) is 5.75. The molecule has 5 nitrogen and oxygen atoms in total. The van der Waals surface area contributed by atoms with Crippen LogP contribution in [-0.4, -0.2) is 30.4 Å². The first-order valence-corrected chi connectivity index (χ1v) is 8.26. The second-order valence-electron chi connectivity index (χ2n) is 4.62. The molecule has 1 rings (SSSR count). The molecule has 0 saturated heterocycles. The Morgan fingerprint density at radius 1 is 1.55 bits per heavy atom. The lowest BCUT2D eigenvalue weighted by Gasteiger charge is -2.21. The molecule has 0 unspecified atom stereocenters. The molecule has 1 aromatic rings. The molecule has 3 N–H and O–H groups in total. The monoisotopic (exact) mass is 313 g/mol. The maximum absolute atomic E-state index is 10.2. The maximum Gasteiger partial charge on any atom is 0.293 e. The van der Waals surface area contributed by atoms with Gasteiger partial charge in [0.2, 0.25) is 0 Å². The van der Waals surface area contributed by atoms with Gasteiger partial charge in [0, 0.05) is 5.69 Å². The number of rotatable bonds is 9. The van der Waals surface area contributed by atoms with Crippen LogP contribution in [-0.2, 0) is 9.53 Å². The summed E-state index contributed by atoms with van der Waals surface area (Å²) in [4.78, 5) is 14.1. The molecule has 0 atom stereocenters. The van der Waals surface area contributed by atoms with E-state index in [1.807, 2.05) is 26.0 Å². The Morgan fingerprint density at radius 2 is 2.30 bits per heavy atom. The van der Waals surface area contributed by atoms with E-state index in [2.05, 4.69) is 17.0 Å². The second-order valence-corrected chi connectivity index (χ2v) is 7.63. The summed E-state index contributed by atoms with van der Waals surface area (Å²) in [5.41, 5.74) is 8.05. The van der Waals surface area contributed by atoms with Gasteiger partial charge in [0.1, 0.15) is 6.61 Å². The van der Waals surface area contributed by atoms with Crippen LogP contribution in [0, 0.1) is 0 Å². The van der Waals surface area contributed by atoms with Gasteiger partial charge in [-0.15, -0.1) is 0 Å². The Kier molecular flexibility index (Phi) is 6.74. The summed E-state index contributed by atoms with van der Waals surface area (Å²) < 4.78 is 4.65. The fourth-order valence-corrected chi connectivity index (χ4v) is 3.55. The van der Waals surface area contributed by atoms with Crippen LogP contribution in [0.25, 0.3) is 0 Å². The number of hydrogen-bond acceptors (Lipinski definition) is 7. The number of carbonyl (C=O) groups excluding carboxylic acids is 1. The summed E-state index contributed by atoms with van der Waals surface area (Å²) in [7, 11) is 3.29. The van der Waals surface area contributed by atoms with Crippen LogP contribution in [0.1, 0.15) is 13.8 Å². The molecule has 0 fully saturated rings. The summed E-state index contributed by atoms with van der Waals surface area (Å²) >= 11 is 0. The lowest BCUT2D eigenvalue weighted by molar-refractivity contribution is -0.129. The van der Waals surface area contributed by atoms with Gasteiger partial charge in [0.05, 0.1) is 22.0 Å². The van der Waals surface area contributed by atoms with Crippen LogP contribution in [0.3, 0.4) is 0 Å². The lowest BCUT2D eigenvalue weighted by atomic mass is 10.2. The molecular formula is C13H19N3O2S2. The van der Waals surface area contributed by atoms with Crippen molar-refractivity contribution in [2.24, 2.45) is 4.99 Å². The minimum absolute atomic E-state index is 0.136. The molecule has 0 aliphatic heterocycles. The molecule has 1 aromatic carbocycles. The van der Waals surface area contributed by atoms with Crippen LogP contribution < -0.4 is 11.1 Å². The second kappa shape index (κ2) is 8.06. The molecule has 0 heterocycles. The van der Waals surface area contributed by atoms with Crippen LogP contribution in [0.2, 0.25) is 0 Å². The number of nitrogens with one attached hydrogen (secondary N) is 1. The van der Waals surface area contributed by atoms with E-state index in [0.29, 0.717) is 24.6 Å². The number of anilines is 2. The van der Waals surface area contributed by atoms with E-state index < -0.39 is 0 Å². The Bertz CT molecular complexity index is 467. The van der Waals surface area contributed by atoms with Crippen LogP contribution >= 0.6 is 21.6 Å². The summed E-state index contributed by atoms with van der Waals surface area (Å²) in [6.45, 7) is 8.42. The van der Waals surface area contributed by atoms with Crippen LogP contribution in [0.4, 0.5) is 17.1 Å². The highest BCUT2D eigenvalue weighted by Gasteiger charge is 2.19. The number of carbonyl (C=O) groups is 1. The van der Waals surface area contributed by atoms with Gasteiger partial charge in [-0.25, -0.2) is 0 Å². The summed E-state index contributed by atoms with van der Waals surface area (Å²) in [6, 6.07) is 5.44. The van der Waals surface area contributed by atoms with Crippen LogP contribution in [0.15, 0.2) is 23.2 Å². The first kappa shape index (κ1) is 16.7. The topological polar surface area (TPSA) is 76.7 Å². The highest BCUT2D eigenvalue weighted by molar-refractivity contribution is 8.77. The zero-order valence-corrected chi connectivity index (χ0v) is 13.2. The predicted molar refractivity (Wildman–Crippen MR) is 89.8 cm³/mol. The Morgan fingerprint density at radius 3 is 2.95 bits per heavy atom. The predicted octanol–water partition coefficient (Wildman–Crippen LogP) is 3.30. The molecule has 0 aliphatic carbocycles. The highest BCUT2D eigenvalue weighted by atomic mass is 33.1. The van der Waals surface area contributed by atoms with Gasteiger partial charge in [0.15, 0.2) is 0 Å². The lowest BCUT2D eigenvalue weighted by Crippen LogP contribution is -2.21. The Labute approximate surface area is 127 Å². The number of nitrogen functional groups attached to an aromatic ring is 1. The van der Waals surface area contributed by atoms with Gasteiger partial charge < -0.3 is 15.8 Å². The van der Waals surface area contributed by atoms with E-state index >= 15 is 0 Å². The molecule has 0 saturated carbocycles. The third-order valence-electron chi connectivity index (χ3n) is 2.30. The van der Waals surface area contributed by atoms with Crippen molar-refractivity contribution in [3.8, 4) is 0 Å². The van der Waals surface area contributed by atoms with Gasteiger partial charge in [0.25, 0.3) is 6.47 Å². The number of benzene rings is 1. The number of ether oxygens (including phenoxy) is 1.